The number of hydrogen-bond donors (Lipinski definition) is 0. The second kappa shape index (κ2) is 6.51. The minimum Gasteiger partial charge on any atom is -0.370 e. The summed E-state index contributed by atoms with van der Waals surface area (Å²) in [4.78, 5) is 2.00. The van der Waals surface area contributed by atoms with Crippen molar-refractivity contribution in [3.8, 4) is 6.07 Å². The maximum Gasteiger partial charge on any atom is 0.143 e. The number of nitrogens with zero attached hydrogens (tertiary/aromatic N) is 2. The molecule has 2 nitrogen and oxygen atoms in total. The lowest BCUT2D eigenvalue weighted by Crippen LogP contribution is -2.33. The smallest absolute Gasteiger partial charge is 0.143 e. The van der Waals surface area contributed by atoms with E-state index >= 15 is 0 Å². The first-order valence-corrected chi connectivity index (χ1v) is 6.95. The Morgan fingerprint density at radius 3 is 2.76 bits per heavy atom. The lowest BCUT2D eigenvalue weighted by atomic mass is 10.1. The van der Waals surface area contributed by atoms with Crippen LogP contribution in [-0.2, 0) is 0 Å². The number of nitriles is 1. The van der Waals surface area contributed by atoms with Gasteiger partial charge >= 0.3 is 0 Å². The third-order valence-electron chi connectivity index (χ3n) is 2.86. The molecule has 0 radical (unpaired) electrons. The molecule has 1 unspecified atom stereocenters. The van der Waals surface area contributed by atoms with Gasteiger partial charge in [-0.15, -0.1) is 0 Å². The molecule has 0 saturated carbocycles. The summed E-state index contributed by atoms with van der Waals surface area (Å²) in [6, 6.07) is 7.03. The first-order valence-electron chi connectivity index (χ1n) is 5.56. The summed E-state index contributed by atoms with van der Waals surface area (Å²) < 4.78 is 13.5. The zero-order chi connectivity index (χ0) is 12.8. The molecule has 0 heterocycles. The van der Waals surface area contributed by atoms with Crippen molar-refractivity contribution in [2.75, 3.05) is 24.0 Å². The molecule has 0 spiro atoms. The maximum absolute atomic E-state index is 13.5. The fourth-order valence-electron chi connectivity index (χ4n) is 1.81. The lowest BCUT2D eigenvalue weighted by Gasteiger charge is -2.29. The van der Waals surface area contributed by atoms with Gasteiger partial charge in [-0.25, -0.2) is 4.39 Å². The molecular weight excluding hydrogens is 235 g/mol. The highest BCUT2D eigenvalue weighted by atomic mass is 32.2. The minimum absolute atomic E-state index is 0.134. The Balaban J connectivity index is 3.07. The van der Waals surface area contributed by atoms with E-state index in [4.69, 9.17) is 5.26 Å². The van der Waals surface area contributed by atoms with Crippen LogP contribution in [0.5, 0.6) is 0 Å². The highest BCUT2D eigenvalue weighted by molar-refractivity contribution is 7.98. The first kappa shape index (κ1) is 13.9. The molecule has 1 atom stereocenters. The average molecular weight is 252 g/mol. The molecule has 17 heavy (non-hydrogen) atoms. The lowest BCUT2D eigenvalue weighted by molar-refractivity contribution is 0.618. The van der Waals surface area contributed by atoms with Crippen molar-refractivity contribution in [3.63, 3.8) is 0 Å². The molecule has 0 fully saturated rings. The molecule has 1 rings (SSSR count). The highest BCUT2D eigenvalue weighted by Gasteiger charge is 2.17. The molecule has 92 valence electrons. The van der Waals surface area contributed by atoms with Crippen molar-refractivity contribution >= 4 is 17.4 Å². The predicted octanol–water partition coefficient (Wildman–Crippen LogP) is 3.28. The van der Waals surface area contributed by atoms with Gasteiger partial charge in [0, 0.05) is 18.8 Å². The first-order chi connectivity index (χ1) is 8.15. The van der Waals surface area contributed by atoms with E-state index in [1.165, 1.54) is 6.07 Å². The number of halogens is 1. The van der Waals surface area contributed by atoms with Crippen LogP contribution in [0.1, 0.15) is 18.9 Å². The Hall–Kier alpha value is -1.21. The van der Waals surface area contributed by atoms with Crippen molar-refractivity contribution in [3.05, 3.63) is 29.6 Å². The van der Waals surface area contributed by atoms with Crippen LogP contribution >= 0.6 is 11.8 Å². The molecule has 0 aromatic heterocycles. The van der Waals surface area contributed by atoms with Crippen LogP contribution in [0.4, 0.5) is 10.1 Å². The Bertz CT molecular complexity index is 414. The molecule has 1 aromatic carbocycles. The minimum atomic E-state index is -0.448. The third-order valence-corrected chi connectivity index (χ3v) is 3.58. The van der Waals surface area contributed by atoms with Crippen molar-refractivity contribution < 1.29 is 4.39 Å². The highest BCUT2D eigenvalue weighted by Crippen LogP contribution is 2.24. The number of anilines is 1. The summed E-state index contributed by atoms with van der Waals surface area (Å²) in [5.74, 6) is 0.518. The van der Waals surface area contributed by atoms with Gasteiger partial charge in [-0.1, -0.05) is 13.0 Å². The quantitative estimate of drug-likeness (QED) is 0.804. The van der Waals surface area contributed by atoms with Crippen molar-refractivity contribution in [1.82, 2.24) is 0 Å². The van der Waals surface area contributed by atoms with Crippen LogP contribution in [0.15, 0.2) is 18.2 Å². The van der Waals surface area contributed by atoms with E-state index in [0.29, 0.717) is 11.7 Å². The topological polar surface area (TPSA) is 27.0 Å². The normalized spacial score (nSPS) is 11.9. The van der Waals surface area contributed by atoms with Gasteiger partial charge in [-0.2, -0.15) is 17.0 Å². The zero-order valence-corrected chi connectivity index (χ0v) is 11.2. The average Bonchev–Trinajstić information content (AvgIpc) is 2.34. The standard InChI is InChI=1S/C13H17FN2S/c1-4-10(9-17-3)16(2)13-7-5-6-12(14)11(13)8-15/h5-7,10H,4,9H2,1-3H3. The molecule has 0 amide bonds. The second-order valence-electron chi connectivity index (χ2n) is 3.87. The molecule has 0 saturated heterocycles. The molecule has 4 heteroatoms. The van der Waals surface area contributed by atoms with E-state index in [-0.39, 0.29) is 5.56 Å². The van der Waals surface area contributed by atoms with Crippen molar-refractivity contribution in [2.45, 2.75) is 19.4 Å². The number of thioether (sulfide) groups is 1. The van der Waals surface area contributed by atoms with Crippen LogP contribution < -0.4 is 4.90 Å². The van der Waals surface area contributed by atoms with Gasteiger partial charge in [0.1, 0.15) is 17.4 Å². The van der Waals surface area contributed by atoms with Gasteiger partial charge in [-0.3, -0.25) is 0 Å². The van der Waals surface area contributed by atoms with Gasteiger partial charge in [-0.05, 0) is 24.8 Å². The van der Waals surface area contributed by atoms with Crippen molar-refractivity contribution in [1.29, 1.82) is 5.26 Å². The van der Waals surface area contributed by atoms with Crippen LogP contribution in [0.2, 0.25) is 0 Å². The van der Waals surface area contributed by atoms with Gasteiger partial charge in [0.05, 0.1) is 5.69 Å². The zero-order valence-electron chi connectivity index (χ0n) is 10.4. The van der Waals surface area contributed by atoms with Gasteiger partial charge < -0.3 is 4.90 Å². The maximum atomic E-state index is 13.5. The monoisotopic (exact) mass is 252 g/mol. The molecule has 0 bridgehead atoms. The van der Waals surface area contributed by atoms with Gasteiger partial charge in [0.25, 0.3) is 0 Å². The summed E-state index contributed by atoms with van der Waals surface area (Å²) in [5, 5.41) is 9.01. The Kier molecular flexibility index (Phi) is 5.30. The summed E-state index contributed by atoms with van der Waals surface area (Å²) in [5.41, 5.74) is 0.808. The fourth-order valence-corrected chi connectivity index (χ4v) is 2.65. The molecule has 1 aromatic rings. The van der Waals surface area contributed by atoms with Crippen LogP contribution in [0.3, 0.4) is 0 Å². The summed E-state index contributed by atoms with van der Waals surface area (Å²) in [7, 11) is 1.92. The SMILES string of the molecule is CCC(CSC)N(C)c1cccc(F)c1C#N. The van der Waals surface area contributed by atoms with E-state index in [2.05, 4.69) is 6.92 Å². The largest absolute Gasteiger partial charge is 0.370 e. The number of hydrogen-bond acceptors (Lipinski definition) is 3. The summed E-state index contributed by atoms with van der Waals surface area (Å²) in [6.07, 6.45) is 3.02. The molecule has 0 N–H and O–H groups in total. The number of rotatable bonds is 5. The number of benzene rings is 1. The van der Waals surface area contributed by atoms with Crippen LogP contribution in [0, 0.1) is 17.1 Å². The van der Waals surface area contributed by atoms with E-state index < -0.39 is 5.82 Å². The van der Waals surface area contributed by atoms with Gasteiger partial charge in [0.15, 0.2) is 0 Å². The molecule has 0 aliphatic heterocycles. The van der Waals surface area contributed by atoms with Crippen LogP contribution in [-0.4, -0.2) is 25.1 Å². The predicted molar refractivity (Wildman–Crippen MR) is 72.0 cm³/mol. The Labute approximate surface area is 106 Å². The molecular formula is C13H17FN2S. The van der Waals surface area contributed by atoms with E-state index in [1.807, 2.05) is 24.3 Å². The van der Waals surface area contributed by atoms with Crippen LogP contribution in [0.25, 0.3) is 0 Å². The Morgan fingerprint density at radius 2 is 2.24 bits per heavy atom. The second-order valence-corrected chi connectivity index (χ2v) is 4.78. The van der Waals surface area contributed by atoms with E-state index in [9.17, 15) is 4.39 Å². The molecule has 0 aliphatic rings. The fraction of sp³-hybridized carbons (Fsp3) is 0.462. The van der Waals surface area contributed by atoms with E-state index in [0.717, 1.165) is 12.2 Å². The summed E-state index contributed by atoms with van der Waals surface area (Å²) in [6.45, 7) is 2.10. The van der Waals surface area contributed by atoms with Gasteiger partial charge in [0.2, 0.25) is 0 Å². The Morgan fingerprint density at radius 1 is 1.53 bits per heavy atom. The van der Waals surface area contributed by atoms with Crippen molar-refractivity contribution in [2.24, 2.45) is 0 Å². The van der Waals surface area contributed by atoms with E-state index in [1.54, 1.807) is 23.9 Å². The molecule has 0 aliphatic carbocycles. The third kappa shape index (κ3) is 3.13. The summed E-state index contributed by atoms with van der Waals surface area (Å²) >= 11 is 1.76.